The second-order valence-electron chi connectivity index (χ2n) is 6.44. The number of fused-ring (bicyclic) bond motifs is 1. The fraction of sp³-hybridized carbons (Fsp3) is 0.625. The number of hydrogen-bond acceptors (Lipinski definition) is 1. The van der Waals surface area contributed by atoms with Gasteiger partial charge in [0.25, 0.3) is 0 Å². The number of hydrogen-bond donors (Lipinski definition) is 1. The number of benzene rings is 1. The van der Waals surface area contributed by atoms with E-state index in [1.165, 1.54) is 31.2 Å². The van der Waals surface area contributed by atoms with Gasteiger partial charge in [-0.25, -0.2) is 0 Å². The maximum absolute atomic E-state index is 3.55. The summed E-state index contributed by atoms with van der Waals surface area (Å²) in [6.07, 6.45) is 5.15. The third-order valence-corrected chi connectivity index (χ3v) is 3.54. The molecule has 1 aliphatic carbocycles. The molecule has 0 amide bonds. The zero-order valence-corrected chi connectivity index (χ0v) is 11.5. The molecule has 0 radical (unpaired) electrons. The highest BCUT2D eigenvalue weighted by Crippen LogP contribution is 2.22. The molecule has 0 unspecified atom stereocenters. The third-order valence-electron chi connectivity index (χ3n) is 3.54. The Labute approximate surface area is 106 Å². The second-order valence-corrected chi connectivity index (χ2v) is 6.44. The van der Waals surface area contributed by atoms with Crippen molar-refractivity contribution in [3.8, 4) is 0 Å². The molecular formula is C16H25N. The van der Waals surface area contributed by atoms with Gasteiger partial charge >= 0.3 is 0 Å². The highest BCUT2D eigenvalue weighted by Gasteiger charge is 2.11. The van der Waals surface area contributed by atoms with Gasteiger partial charge in [-0.15, -0.1) is 0 Å². The molecule has 1 N–H and O–H groups in total. The lowest BCUT2D eigenvalue weighted by Gasteiger charge is -2.18. The monoisotopic (exact) mass is 231 g/mol. The number of nitrogens with one attached hydrogen (secondary N) is 1. The molecule has 1 aromatic rings. The molecule has 17 heavy (non-hydrogen) atoms. The van der Waals surface area contributed by atoms with Crippen molar-refractivity contribution in [3.05, 3.63) is 34.9 Å². The lowest BCUT2D eigenvalue weighted by atomic mass is 9.92. The van der Waals surface area contributed by atoms with Crippen LogP contribution in [0.15, 0.2) is 18.2 Å². The van der Waals surface area contributed by atoms with Crippen molar-refractivity contribution in [1.82, 2.24) is 5.32 Å². The molecule has 2 rings (SSSR count). The second kappa shape index (κ2) is 5.22. The SMILES string of the molecule is CC(C)(C)CCNCc1ccc2c(c1)CCC2. The van der Waals surface area contributed by atoms with Crippen molar-refractivity contribution in [1.29, 1.82) is 0 Å². The van der Waals surface area contributed by atoms with Gasteiger partial charge in [-0.3, -0.25) is 0 Å². The topological polar surface area (TPSA) is 12.0 Å². The summed E-state index contributed by atoms with van der Waals surface area (Å²) in [5.41, 5.74) is 5.04. The first-order valence-corrected chi connectivity index (χ1v) is 6.86. The molecule has 0 saturated carbocycles. The Balaban J connectivity index is 1.80. The molecule has 1 aromatic carbocycles. The summed E-state index contributed by atoms with van der Waals surface area (Å²) in [5.74, 6) is 0. The molecular weight excluding hydrogens is 206 g/mol. The Morgan fingerprint density at radius 1 is 1.12 bits per heavy atom. The van der Waals surface area contributed by atoms with E-state index in [-0.39, 0.29) is 0 Å². The molecule has 1 nitrogen and oxygen atoms in total. The quantitative estimate of drug-likeness (QED) is 0.779. The first kappa shape index (κ1) is 12.6. The van der Waals surface area contributed by atoms with Crippen LogP contribution >= 0.6 is 0 Å². The van der Waals surface area contributed by atoms with Crippen LogP contribution in [0.4, 0.5) is 0 Å². The third kappa shape index (κ3) is 3.85. The molecule has 0 fully saturated rings. The van der Waals surface area contributed by atoms with E-state index in [9.17, 15) is 0 Å². The van der Waals surface area contributed by atoms with Gasteiger partial charge in [0.05, 0.1) is 0 Å². The Morgan fingerprint density at radius 3 is 2.65 bits per heavy atom. The van der Waals surface area contributed by atoms with Crippen LogP contribution in [0.1, 0.15) is 50.3 Å². The predicted molar refractivity (Wildman–Crippen MR) is 74.2 cm³/mol. The fourth-order valence-corrected chi connectivity index (χ4v) is 2.43. The van der Waals surface area contributed by atoms with E-state index in [1.807, 2.05) is 0 Å². The number of aryl methyl sites for hydroxylation is 2. The molecule has 0 atom stereocenters. The van der Waals surface area contributed by atoms with Crippen molar-refractivity contribution in [3.63, 3.8) is 0 Å². The van der Waals surface area contributed by atoms with Gasteiger partial charge in [-0.1, -0.05) is 39.0 Å². The van der Waals surface area contributed by atoms with Crippen LogP contribution in [0.3, 0.4) is 0 Å². The molecule has 0 heterocycles. The van der Waals surface area contributed by atoms with Gasteiger partial charge in [-0.2, -0.15) is 0 Å². The molecule has 0 aromatic heterocycles. The van der Waals surface area contributed by atoms with Gasteiger partial charge < -0.3 is 5.32 Å². The van der Waals surface area contributed by atoms with E-state index < -0.39 is 0 Å². The van der Waals surface area contributed by atoms with E-state index in [0.717, 1.165) is 13.1 Å². The average molecular weight is 231 g/mol. The van der Waals surface area contributed by atoms with Gasteiger partial charge in [0.1, 0.15) is 0 Å². The minimum atomic E-state index is 0.435. The molecule has 0 spiro atoms. The summed E-state index contributed by atoms with van der Waals surface area (Å²) in [4.78, 5) is 0. The van der Waals surface area contributed by atoms with E-state index >= 15 is 0 Å². The average Bonchev–Trinajstić information content (AvgIpc) is 2.70. The van der Waals surface area contributed by atoms with Crippen molar-refractivity contribution in [2.24, 2.45) is 5.41 Å². The molecule has 0 aliphatic heterocycles. The summed E-state index contributed by atoms with van der Waals surface area (Å²) in [5, 5.41) is 3.55. The first-order chi connectivity index (χ1) is 8.04. The Kier molecular flexibility index (Phi) is 3.88. The van der Waals surface area contributed by atoms with E-state index in [0.29, 0.717) is 5.41 Å². The summed E-state index contributed by atoms with van der Waals surface area (Å²) >= 11 is 0. The molecule has 1 heteroatoms. The van der Waals surface area contributed by atoms with Gasteiger partial charge in [0.15, 0.2) is 0 Å². The fourth-order valence-electron chi connectivity index (χ4n) is 2.43. The zero-order chi connectivity index (χ0) is 12.3. The summed E-state index contributed by atoms with van der Waals surface area (Å²) in [7, 11) is 0. The van der Waals surface area contributed by atoms with Gasteiger partial charge in [0.2, 0.25) is 0 Å². The van der Waals surface area contributed by atoms with Crippen LogP contribution in [0.2, 0.25) is 0 Å². The van der Waals surface area contributed by atoms with Crippen LogP contribution in [-0.4, -0.2) is 6.54 Å². The Hall–Kier alpha value is -0.820. The summed E-state index contributed by atoms with van der Waals surface area (Å²) in [6.45, 7) is 9.02. The van der Waals surface area contributed by atoms with Gasteiger partial charge in [0, 0.05) is 6.54 Å². The zero-order valence-electron chi connectivity index (χ0n) is 11.5. The van der Waals surface area contributed by atoms with Crippen LogP contribution < -0.4 is 5.32 Å². The van der Waals surface area contributed by atoms with Crippen molar-refractivity contribution in [2.75, 3.05) is 6.54 Å². The molecule has 0 saturated heterocycles. The van der Waals surface area contributed by atoms with Crippen LogP contribution in [0, 0.1) is 5.41 Å². The molecule has 0 bridgehead atoms. The van der Waals surface area contributed by atoms with Crippen molar-refractivity contribution < 1.29 is 0 Å². The highest BCUT2D eigenvalue weighted by atomic mass is 14.8. The minimum absolute atomic E-state index is 0.435. The predicted octanol–water partition coefficient (Wildman–Crippen LogP) is 3.70. The maximum atomic E-state index is 3.55. The molecule has 1 aliphatic rings. The van der Waals surface area contributed by atoms with E-state index in [1.54, 1.807) is 11.1 Å². The summed E-state index contributed by atoms with van der Waals surface area (Å²) < 4.78 is 0. The molecule has 94 valence electrons. The van der Waals surface area contributed by atoms with Crippen LogP contribution in [0.25, 0.3) is 0 Å². The van der Waals surface area contributed by atoms with E-state index in [4.69, 9.17) is 0 Å². The van der Waals surface area contributed by atoms with E-state index in [2.05, 4.69) is 44.3 Å². The summed E-state index contributed by atoms with van der Waals surface area (Å²) in [6, 6.07) is 7.00. The van der Waals surface area contributed by atoms with Gasteiger partial charge in [-0.05, 0) is 54.3 Å². The van der Waals surface area contributed by atoms with Crippen LogP contribution in [0.5, 0.6) is 0 Å². The minimum Gasteiger partial charge on any atom is -0.313 e. The highest BCUT2D eigenvalue weighted by molar-refractivity contribution is 5.35. The lowest BCUT2D eigenvalue weighted by molar-refractivity contribution is 0.366. The lowest BCUT2D eigenvalue weighted by Crippen LogP contribution is -2.20. The van der Waals surface area contributed by atoms with Crippen molar-refractivity contribution in [2.45, 2.75) is 53.0 Å². The number of rotatable bonds is 4. The normalized spacial score (nSPS) is 15.0. The van der Waals surface area contributed by atoms with Crippen molar-refractivity contribution >= 4 is 0 Å². The Morgan fingerprint density at radius 2 is 1.88 bits per heavy atom. The standard InChI is InChI=1S/C16H25N/c1-16(2,3)9-10-17-12-13-7-8-14-5-4-6-15(14)11-13/h7-8,11,17H,4-6,9-10,12H2,1-3H3. The smallest absolute Gasteiger partial charge is 0.0205 e. The Bertz CT molecular complexity index is 374. The largest absolute Gasteiger partial charge is 0.313 e. The first-order valence-electron chi connectivity index (χ1n) is 6.86. The maximum Gasteiger partial charge on any atom is 0.0205 e. The van der Waals surface area contributed by atoms with Crippen LogP contribution in [-0.2, 0) is 19.4 Å².